The van der Waals surface area contributed by atoms with Gasteiger partial charge in [-0.3, -0.25) is 9.59 Å². The molecular weight excluding hydrogens is 344 g/mol. The van der Waals surface area contributed by atoms with Gasteiger partial charge in [0.15, 0.2) is 5.78 Å². The molecule has 0 radical (unpaired) electrons. The minimum atomic E-state index is -0.275. The predicted molar refractivity (Wildman–Crippen MR) is 103 cm³/mol. The van der Waals surface area contributed by atoms with Gasteiger partial charge in [-0.1, -0.05) is 0 Å². The van der Waals surface area contributed by atoms with Crippen molar-refractivity contribution >= 4 is 22.6 Å². The van der Waals surface area contributed by atoms with Crippen LogP contribution >= 0.6 is 0 Å². The van der Waals surface area contributed by atoms with Crippen LogP contribution in [0, 0.1) is 0 Å². The van der Waals surface area contributed by atoms with Gasteiger partial charge >= 0.3 is 0 Å². The number of carbonyl (C=O) groups is 2. The van der Waals surface area contributed by atoms with E-state index >= 15 is 0 Å². The Labute approximate surface area is 157 Å². The SMILES string of the molecule is COCCn1ccc2cc(C(=O)NCC(=O)c3ccc(OC)cc3)ccc21. The third-order valence-electron chi connectivity index (χ3n) is 4.39. The molecule has 0 spiro atoms. The molecule has 0 bridgehead atoms. The number of amides is 1. The fourth-order valence-corrected chi connectivity index (χ4v) is 2.87. The summed E-state index contributed by atoms with van der Waals surface area (Å²) < 4.78 is 12.3. The Morgan fingerprint density at radius 2 is 1.74 bits per heavy atom. The molecular formula is C21H22N2O4. The molecule has 3 rings (SSSR count). The normalized spacial score (nSPS) is 10.7. The maximum atomic E-state index is 12.4. The van der Waals surface area contributed by atoms with Crippen LogP contribution < -0.4 is 10.1 Å². The second kappa shape index (κ2) is 8.51. The highest BCUT2D eigenvalue weighted by Crippen LogP contribution is 2.18. The number of ether oxygens (including phenoxy) is 2. The average Bonchev–Trinajstić information content (AvgIpc) is 3.12. The van der Waals surface area contributed by atoms with Crippen molar-refractivity contribution in [2.45, 2.75) is 6.54 Å². The van der Waals surface area contributed by atoms with E-state index in [1.807, 2.05) is 24.4 Å². The van der Waals surface area contributed by atoms with Gasteiger partial charge in [-0.25, -0.2) is 0 Å². The number of ketones is 1. The third kappa shape index (κ3) is 4.35. The number of nitrogens with one attached hydrogen (secondary N) is 1. The third-order valence-corrected chi connectivity index (χ3v) is 4.39. The van der Waals surface area contributed by atoms with Crippen molar-refractivity contribution in [2.24, 2.45) is 0 Å². The molecule has 6 heteroatoms. The van der Waals surface area contributed by atoms with Crippen LogP contribution in [0.2, 0.25) is 0 Å². The van der Waals surface area contributed by atoms with Gasteiger partial charge in [0, 0.05) is 41.9 Å². The lowest BCUT2D eigenvalue weighted by Crippen LogP contribution is -2.29. The molecule has 1 N–H and O–H groups in total. The van der Waals surface area contributed by atoms with Gasteiger partial charge in [0.2, 0.25) is 0 Å². The fraction of sp³-hybridized carbons (Fsp3) is 0.238. The molecule has 0 saturated carbocycles. The molecule has 0 fully saturated rings. The smallest absolute Gasteiger partial charge is 0.251 e. The summed E-state index contributed by atoms with van der Waals surface area (Å²) in [5.41, 5.74) is 2.09. The summed E-state index contributed by atoms with van der Waals surface area (Å²) in [5, 5.41) is 3.66. The van der Waals surface area contributed by atoms with Crippen molar-refractivity contribution in [1.82, 2.24) is 9.88 Å². The number of nitrogens with zero attached hydrogens (tertiary/aromatic N) is 1. The van der Waals surface area contributed by atoms with Crippen LogP contribution in [0.3, 0.4) is 0 Å². The highest BCUT2D eigenvalue weighted by Gasteiger charge is 2.11. The van der Waals surface area contributed by atoms with Crippen molar-refractivity contribution in [1.29, 1.82) is 0 Å². The van der Waals surface area contributed by atoms with E-state index in [-0.39, 0.29) is 18.2 Å². The summed E-state index contributed by atoms with van der Waals surface area (Å²) in [6.45, 7) is 1.32. The van der Waals surface area contributed by atoms with Crippen molar-refractivity contribution in [3.05, 3.63) is 65.9 Å². The summed E-state index contributed by atoms with van der Waals surface area (Å²) >= 11 is 0. The Bertz CT molecular complexity index is 944. The second-order valence-corrected chi connectivity index (χ2v) is 6.11. The summed E-state index contributed by atoms with van der Waals surface area (Å²) in [5.74, 6) is 0.252. The number of rotatable bonds is 8. The Morgan fingerprint density at radius 1 is 1.00 bits per heavy atom. The molecule has 0 atom stereocenters. The molecule has 0 aliphatic heterocycles. The first kappa shape index (κ1) is 18.7. The molecule has 0 unspecified atom stereocenters. The van der Waals surface area contributed by atoms with E-state index in [0.29, 0.717) is 23.5 Å². The van der Waals surface area contributed by atoms with E-state index in [1.165, 1.54) is 0 Å². The number of carbonyl (C=O) groups excluding carboxylic acids is 2. The maximum absolute atomic E-state index is 12.4. The minimum Gasteiger partial charge on any atom is -0.497 e. The first-order valence-electron chi connectivity index (χ1n) is 8.65. The predicted octanol–water partition coefficient (Wildman–Crippen LogP) is 2.91. The number of hydrogen-bond acceptors (Lipinski definition) is 4. The van der Waals surface area contributed by atoms with Gasteiger partial charge in [0.1, 0.15) is 5.75 Å². The number of aromatic nitrogens is 1. The van der Waals surface area contributed by atoms with Crippen LogP contribution in [0.5, 0.6) is 5.75 Å². The van der Waals surface area contributed by atoms with Crippen LogP contribution in [0.4, 0.5) is 0 Å². The monoisotopic (exact) mass is 366 g/mol. The van der Waals surface area contributed by atoms with E-state index in [0.717, 1.165) is 17.4 Å². The molecule has 27 heavy (non-hydrogen) atoms. The Balaban J connectivity index is 1.64. The number of hydrogen-bond donors (Lipinski definition) is 1. The van der Waals surface area contributed by atoms with Gasteiger partial charge in [-0.15, -0.1) is 0 Å². The number of benzene rings is 2. The molecule has 1 heterocycles. The molecule has 1 amide bonds. The van der Waals surface area contributed by atoms with Crippen LogP contribution in [0.1, 0.15) is 20.7 Å². The first-order valence-corrected chi connectivity index (χ1v) is 8.65. The summed E-state index contributed by atoms with van der Waals surface area (Å²) in [6.07, 6.45) is 1.97. The fourth-order valence-electron chi connectivity index (χ4n) is 2.87. The second-order valence-electron chi connectivity index (χ2n) is 6.11. The van der Waals surface area contributed by atoms with Gasteiger partial charge in [-0.05, 0) is 48.5 Å². The lowest BCUT2D eigenvalue weighted by Gasteiger charge is -2.07. The molecule has 0 saturated heterocycles. The lowest BCUT2D eigenvalue weighted by molar-refractivity contribution is 0.0904. The standard InChI is InChI=1S/C21H22N2O4/c1-26-12-11-23-10-9-16-13-17(5-8-19(16)23)21(25)22-14-20(24)15-3-6-18(27-2)7-4-15/h3-10,13H,11-12,14H2,1-2H3,(H,22,25). The van der Waals surface area contributed by atoms with E-state index < -0.39 is 0 Å². The molecule has 0 aliphatic rings. The Morgan fingerprint density at radius 3 is 2.44 bits per heavy atom. The summed E-state index contributed by atoms with van der Waals surface area (Å²) in [6, 6.07) is 14.3. The van der Waals surface area contributed by atoms with Crippen molar-refractivity contribution in [2.75, 3.05) is 27.4 Å². The summed E-state index contributed by atoms with van der Waals surface area (Å²) in [4.78, 5) is 24.6. The average molecular weight is 366 g/mol. The molecule has 1 aromatic heterocycles. The first-order chi connectivity index (χ1) is 13.1. The number of methoxy groups -OCH3 is 2. The van der Waals surface area contributed by atoms with Crippen LogP contribution in [0.15, 0.2) is 54.7 Å². The topological polar surface area (TPSA) is 69.6 Å². The lowest BCUT2D eigenvalue weighted by atomic mass is 10.1. The molecule has 0 aliphatic carbocycles. The van der Waals surface area contributed by atoms with Crippen LogP contribution in [0.25, 0.3) is 10.9 Å². The van der Waals surface area contributed by atoms with Crippen molar-refractivity contribution in [3.8, 4) is 5.75 Å². The van der Waals surface area contributed by atoms with E-state index in [9.17, 15) is 9.59 Å². The van der Waals surface area contributed by atoms with Crippen LogP contribution in [-0.4, -0.2) is 43.6 Å². The van der Waals surface area contributed by atoms with Gasteiger partial charge in [0.25, 0.3) is 5.91 Å². The van der Waals surface area contributed by atoms with Crippen molar-refractivity contribution < 1.29 is 19.1 Å². The highest BCUT2D eigenvalue weighted by atomic mass is 16.5. The number of fused-ring (bicyclic) bond motifs is 1. The van der Waals surface area contributed by atoms with Gasteiger partial charge < -0.3 is 19.4 Å². The Kier molecular flexibility index (Phi) is 5.88. The number of Topliss-reactive ketones (excluding diaryl/α,β-unsaturated/α-hetero) is 1. The Hall–Kier alpha value is -3.12. The molecule has 3 aromatic rings. The zero-order chi connectivity index (χ0) is 19.2. The van der Waals surface area contributed by atoms with Crippen LogP contribution in [-0.2, 0) is 11.3 Å². The summed E-state index contributed by atoms with van der Waals surface area (Å²) in [7, 11) is 3.24. The van der Waals surface area contributed by atoms with Crippen molar-refractivity contribution in [3.63, 3.8) is 0 Å². The van der Waals surface area contributed by atoms with E-state index in [4.69, 9.17) is 9.47 Å². The largest absolute Gasteiger partial charge is 0.497 e. The molecule has 140 valence electrons. The van der Waals surface area contributed by atoms with E-state index in [2.05, 4.69) is 9.88 Å². The van der Waals surface area contributed by atoms with E-state index in [1.54, 1.807) is 44.6 Å². The zero-order valence-corrected chi connectivity index (χ0v) is 15.4. The highest BCUT2D eigenvalue weighted by molar-refractivity contribution is 6.03. The molecule has 6 nitrogen and oxygen atoms in total. The van der Waals surface area contributed by atoms with Gasteiger partial charge in [0.05, 0.1) is 20.3 Å². The maximum Gasteiger partial charge on any atom is 0.251 e. The quantitative estimate of drug-likeness (QED) is 0.623. The minimum absolute atomic E-state index is 0.0575. The zero-order valence-electron chi connectivity index (χ0n) is 15.4. The van der Waals surface area contributed by atoms with Gasteiger partial charge in [-0.2, -0.15) is 0 Å². The molecule has 2 aromatic carbocycles.